The van der Waals surface area contributed by atoms with E-state index < -0.39 is 11.9 Å². The Bertz CT molecular complexity index is 345. The number of amides is 2. The lowest BCUT2D eigenvalue weighted by Gasteiger charge is -2.20. The number of ether oxygens (including phenoxy) is 1. The largest absolute Gasteiger partial charge is 0.481 e. The summed E-state index contributed by atoms with van der Waals surface area (Å²) in [5.74, 6) is -1.40. The summed E-state index contributed by atoms with van der Waals surface area (Å²) in [6, 6.07) is -0.511. The van der Waals surface area contributed by atoms with Gasteiger partial charge >= 0.3 is 12.0 Å². The summed E-state index contributed by atoms with van der Waals surface area (Å²) in [4.78, 5) is 24.0. The molecule has 0 radical (unpaired) electrons. The number of urea groups is 1. The number of aliphatic hydroxyl groups is 1. The van der Waals surface area contributed by atoms with Gasteiger partial charge in [-0.1, -0.05) is 12.2 Å². The molecular formula is C12H20N2O5. The van der Waals surface area contributed by atoms with Crippen molar-refractivity contribution in [2.75, 3.05) is 33.4 Å². The van der Waals surface area contributed by atoms with Gasteiger partial charge in [-0.25, -0.2) is 4.79 Å². The maximum atomic E-state index is 11.8. The second-order valence-corrected chi connectivity index (χ2v) is 4.38. The normalized spacial score (nSPS) is 21.4. The maximum absolute atomic E-state index is 11.8. The Morgan fingerprint density at radius 1 is 1.42 bits per heavy atom. The number of carboxylic acid groups (broad SMARTS) is 1. The van der Waals surface area contributed by atoms with E-state index in [1.165, 1.54) is 4.90 Å². The Morgan fingerprint density at radius 3 is 2.74 bits per heavy atom. The molecule has 0 aromatic rings. The minimum absolute atomic E-state index is 0.0423. The van der Waals surface area contributed by atoms with Gasteiger partial charge in [-0.3, -0.25) is 4.79 Å². The fraction of sp³-hybridized carbons (Fsp3) is 0.667. The number of carbonyl (C=O) groups is 2. The number of nitrogens with one attached hydrogen (secondary N) is 1. The summed E-state index contributed by atoms with van der Waals surface area (Å²) in [5, 5.41) is 20.1. The molecule has 0 spiro atoms. The smallest absolute Gasteiger partial charge is 0.317 e. The molecule has 0 aromatic carbocycles. The molecule has 2 atom stereocenters. The highest BCUT2D eigenvalue weighted by atomic mass is 16.5. The molecule has 2 unspecified atom stereocenters. The molecule has 7 heteroatoms. The van der Waals surface area contributed by atoms with Crippen LogP contribution < -0.4 is 5.32 Å². The lowest BCUT2D eigenvalue weighted by molar-refractivity contribution is -0.140. The Morgan fingerprint density at radius 2 is 2.16 bits per heavy atom. The van der Waals surface area contributed by atoms with Crippen LogP contribution in [0.5, 0.6) is 0 Å². The highest BCUT2D eigenvalue weighted by Gasteiger charge is 2.25. The summed E-state index contributed by atoms with van der Waals surface area (Å²) in [6.45, 7) is 0.966. The predicted molar refractivity (Wildman–Crippen MR) is 67.7 cm³/mol. The van der Waals surface area contributed by atoms with Crippen LogP contribution in [0.3, 0.4) is 0 Å². The summed E-state index contributed by atoms with van der Waals surface area (Å²) >= 11 is 0. The van der Waals surface area contributed by atoms with Gasteiger partial charge in [-0.05, 0) is 6.42 Å². The Hall–Kier alpha value is -1.60. The summed E-state index contributed by atoms with van der Waals surface area (Å²) < 4.78 is 5.06. The van der Waals surface area contributed by atoms with Crippen LogP contribution >= 0.6 is 0 Å². The number of hydrogen-bond acceptors (Lipinski definition) is 4. The first kappa shape index (κ1) is 15.5. The van der Waals surface area contributed by atoms with Gasteiger partial charge < -0.3 is 25.2 Å². The predicted octanol–water partition coefficient (Wildman–Crippen LogP) is -0.334. The first-order valence-corrected chi connectivity index (χ1v) is 6.16. The molecule has 3 N–H and O–H groups in total. The lowest BCUT2D eigenvalue weighted by atomic mass is 10.1. The van der Waals surface area contributed by atoms with E-state index in [-0.39, 0.29) is 25.3 Å². The zero-order valence-corrected chi connectivity index (χ0v) is 10.9. The molecule has 0 saturated carbocycles. The van der Waals surface area contributed by atoms with Crippen LogP contribution in [0.1, 0.15) is 6.42 Å². The average molecular weight is 272 g/mol. The zero-order valence-electron chi connectivity index (χ0n) is 10.9. The van der Waals surface area contributed by atoms with Gasteiger partial charge in [0.1, 0.15) is 0 Å². The van der Waals surface area contributed by atoms with E-state index in [0.29, 0.717) is 19.6 Å². The number of carboxylic acids is 1. The van der Waals surface area contributed by atoms with Gasteiger partial charge in [0.2, 0.25) is 0 Å². The van der Waals surface area contributed by atoms with Crippen molar-refractivity contribution in [3.63, 3.8) is 0 Å². The van der Waals surface area contributed by atoms with Crippen molar-refractivity contribution in [3.8, 4) is 0 Å². The number of likely N-dealkylation sites (N-methyl/N-ethyl adjacent to an activating group) is 1. The van der Waals surface area contributed by atoms with Gasteiger partial charge in [-0.2, -0.15) is 0 Å². The maximum Gasteiger partial charge on any atom is 0.317 e. The Labute approximate surface area is 111 Å². The van der Waals surface area contributed by atoms with Gasteiger partial charge in [0.05, 0.1) is 31.8 Å². The van der Waals surface area contributed by atoms with Crippen molar-refractivity contribution in [2.24, 2.45) is 5.92 Å². The molecule has 1 aliphatic carbocycles. The van der Waals surface area contributed by atoms with E-state index >= 15 is 0 Å². The standard InChI is InChI=1S/C12H20N2O5/c1-14(4-6-19-7-5-15)12(18)13-10-3-2-9(8-10)11(16)17/h2-3,9-10,15H,4-8H2,1H3,(H,13,18)(H,16,17). The van der Waals surface area contributed by atoms with Crippen molar-refractivity contribution in [1.29, 1.82) is 0 Å². The number of carbonyl (C=O) groups excluding carboxylic acids is 1. The molecule has 0 bridgehead atoms. The highest BCUT2D eigenvalue weighted by Crippen LogP contribution is 2.17. The number of nitrogens with zero attached hydrogens (tertiary/aromatic N) is 1. The molecular weight excluding hydrogens is 252 g/mol. The second-order valence-electron chi connectivity index (χ2n) is 4.38. The van der Waals surface area contributed by atoms with E-state index in [4.69, 9.17) is 14.9 Å². The molecule has 0 heterocycles. The van der Waals surface area contributed by atoms with Crippen LogP contribution in [-0.2, 0) is 9.53 Å². The molecule has 7 nitrogen and oxygen atoms in total. The van der Waals surface area contributed by atoms with E-state index in [9.17, 15) is 9.59 Å². The van der Waals surface area contributed by atoms with Crippen LogP contribution in [0, 0.1) is 5.92 Å². The quantitative estimate of drug-likeness (QED) is 0.435. The molecule has 1 rings (SSSR count). The molecule has 0 aliphatic heterocycles. The second kappa shape index (κ2) is 7.75. The van der Waals surface area contributed by atoms with Gasteiger partial charge in [0.15, 0.2) is 0 Å². The van der Waals surface area contributed by atoms with Gasteiger partial charge in [0.25, 0.3) is 0 Å². The minimum Gasteiger partial charge on any atom is -0.481 e. The van der Waals surface area contributed by atoms with Crippen LogP contribution in [0.2, 0.25) is 0 Å². The first-order valence-electron chi connectivity index (χ1n) is 6.16. The van der Waals surface area contributed by atoms with Crippen molar-refractivity contribution in [2.45, 2.75) is 12.5 Å². The third-order valence-electron chi connectivity index (χ3n) is 2.86. The van der Waals surface area contributed by atoms with E-state index in [0.717, 1.165) is 0 Å². The highest BCUT2D eigenvalue weighted by molar-refractivity contribution is 5.76. The summed E-state index contributed by atoms with van der Waals surface area (Å²) in [7, 11) is 1.63. The van der Waals surface area contributed by atoms with Crippen molar-refractivity contribution in [3.05, 3.63) is 12.2 Å². The summed E-state index contributed by atoms with van der Waals surface area (Å²) in [5.41, 5.74) is 0. The molecule has 108 valence electrons. The Balaban J connectivity index is 2.24. The van der Waals surface area contributed by atoms with Gasteiger partial charge in [-0.15, -0.1) is 0 Å². The van der Waals surface area contributed by atoms with E-state index in [2.05, 4.69) is 5.32 Å². The number of aliphatic hydroxyl groups excluding tert-OH is 1. The zero-order chi connectivity index (χ0) is 14.3. The van der Waals surface area contributed by atoms with Gasteiger partial charge in [0, 0.05) is 13.6 Å². The molecule has 2 amide bonds. The number of aliphatic carboxylic acids is 1. The molecule has 19 heavy (non-hydrogen) atoms. The first-order chi connectivity index (χ1) is 9.04. The third-order valence-corrected chi connectivity index (χ3v) is 2.86. The Kier molecular flexibility index (Phi) is 6.31. The van der Waals surface area contributed by atoms with Crippen LogP contribution in [-0.4, -0.2) is 66.6 Å². The number of rotatable bonds is 7. The fourth-order valence-electron chi connectivity index (χ4n) is 1.73. The van der Waals surface area contributed by atoms with E-state index in [1.54, 1.807) is 19.2 Å². The fourth-order valence-corrected chi connectivity index (χ4v) is 1.73. The van der Waals surface area contributed by atoms with Crippen LogP contribution in [0.4, 0.5) is 4.79 Å². The molecule has 0 aromatic heterocycles. The van der Waals surface area contributed by atoms with Crippen LogP contribution in [0.25, 0.3) is 0 Å². The van der Waals surface area contributed by atoms with E-state index in [1.807, 2.05) is 0 Å². The lowest BCUT2D eigenvalue weighted by Crippen LogP contribution is -2.43. The average Bonchev–Trinajstić information content (AvgIpc) is 2.83. The van der Waals surface area contributed by atoms with Crippen molar-refractivity contribution >= 4 is 12.0 Å². The number of hydrogen-bond donors (Lipinski definition) is 3. The molecule has 0 saturated heterocycles. The SMILES string of the molecule is CN(CCOCCO)C(=O)NC1C=CC(C(=O)O)C1. The van der Waals surface area contributed by atoms with Crippen molar-refractivity contribution in [1.82, 2.24) is 10.2 Å². The van der Waals surface area contributed by atoms with Crippen molar-refractivity contribution < 1.29 is 24.5 Å². The molecule has 0 fully saturated rings. The summed E-state index contributed by atoms with van der Waals surface area (Å²) in [6.07, 6.45) is 3.68. The minimum atomic E-state index is -0.876. The molecule has 1 aliphatic rings. The monoisotopic (exact) mass is 272 g/mol. The van der Waals surface area contributed by atoms with Crippen LogP contribution in [0.15, 0.2) is 12.2 Å². The topological polar surface area (TPSA) is 99.1 Å². The third kappa shape index (κ3) is 5.27.